The molecular weight excluding hydrogens is 294 g/mol. The Labute approximate surface area is 134 Å². The van der Waals surface area contributed by atoms with Gasteiger partial charge in [-0.15, -0.1) is 9.67 Å². The molecule has 0 spiro atoms. The smallest absolute Gasteiger partial charge is 0.370 e. The van der Waals surface area contributed by atoms with Crippen molar-refractivity contribution >= 4 is 17.6 Å². The lowest BCUT2D eigenvalue weighted by molar-refractivity contribution is -0.619. The molecule has 0 fully saturated rings. The first-order valence-electron chi connectivity index (χ1n) is 7.09. The molecule has 0 radical (unpaired) electrons. The molecule has 1 aromatic rings. The molecule has 0 saturated carbocycles. The topological polar surface area (TPSA) is 133 Å². The zero-order valence-corrected chi connectivity index (χ0v) is 13.1. The Hall–Kier alpha value is -2.94. The number of guanidine groups is 1. The van der Waals surface area contributed by atoms with Crippen LogP contribution in [0.3, 0.4) is 0 Å². The van der Waals surface area contributed by atoms with Gasteiger partial charge in [-0.05, 0) is 12.1 Å². The van der Waals surface area contributed by atoms with Crippen molar-refractivity contribution in [1.29, 1.82) is 0 Å². The van der Waals surface area contributed by atoms with Crippen molar-refractivity contribution in [2.24, 2.45) is 26.4 Å². The molecule has 9 nitrogen and oxygen atoms in total. The number of aromatic amines is 1. The van der Waals surface area contributed by atoms with Gasteiger partial charge < -0.3 is 11.1 Å². The fourth-order valence-electron chi connectivity index (χ4n) is 1.98. The maximum atomic E-state index is 5.54. The molecule has 0 saturated heterocycles. The summed E-state index contributed by atoms with van der Waals surface area (Å²) in [5.74, 6) is 0.846. The SMILES string of the molecule is CN=C(N)NC1N=C2C=CC=CC2N1.CN=C(N)[n+]1ccc[nH]1. The number of hydrogen-bond donors (Lipinski definition) is 5. The number of aromatic nitrogens is 2. The molecule has 2 aliphatic rings. The summed E-state index contributed by atoms with van der Waals surface area (Å²) in [6, 6.07) is 2.04. The van der Waals surface area contributed by atoms with Gasteiger partial charge in [0.25, 0.3) is 0 Å². The van der Waals surface area contributed by atoms with Crippen LogP contribution >= 0.6 is 0 Å². The zero-order valence-electron chi connectivity index (χ0n) is 13.1. The highest BCUT2D eigenvalue weighted by molar-refractivity contribution is 6.03. The Bertz CT molecular complexity index is 652. The highest BCUT2D eigenvalue weighted by Gasteiger charge is 2.24. The first kappa shape index (κ1) is 16.4. The summed E-state index contributed by atoms with van der Waals surface area (Å²) in [5.41, 5.74) is 12.0. The van der Waals surface area contributed by atoms with Crippen molar-refractivity contribution in [1.82, 2.24) is 15.7 Å². The molecule has 2 atom stereocenters. The Morgan fingerprint density at radius 1 is 1.30 bits per heavy atom. The van der Waals surface area contributed by atoms with E-state index < -0.39 is 0 Å². The highest BCUT2D eigenvalue weighted by atomic mass is 15.3. The molecule has 0 aromatic carbocycles. The number of allylic oxidation sites excluding steroid dienone is 2. The second kappa shape index (κ2) is 7.90. The zero-order chi connectivity index (χ0) is 16.7. The summed E-state index contributed by atoms with van der Waals surface area (Å²) < 4.78 is 1.62. The molecule has 1 aromatic heterocycles. The summed E-state index contributed by atoms with van der Waals surface area (Å²) in [5, 5.41) is 9.04. The predicted octanol–water partition coefficient (Wildman–Crippen LogP) is -1.56. The van der Waals surface area contributed by atoms with Crippen molar-refractivity contribution < 1.29 is 4.68 Å². The number of rotatable bonds is 1. The summed E-state index contributed by atoms with van der Waals surface area (Å²) in [6.45, 7) is 0. The molecule has 0 amide bonds. The number of nitrogens with two attached hydrogens (primary N) is 2. The molecule has 1 aliphatic carbocycles. The number of H-pyrrole nitrogens is 1. The van der Waals surface area contributed by atoms with Gasteiger partial charge >= 0.3 is 5.96 Å². The Kier molecular flexibility index (Phi) is 5.64. The lowest BCUT2D eigenvalue weighted by Crippen LogP contribution is -2.49. The van der Waals surface area contributed by atoms with Crippen LogP contribution in [-0.2, 0) is 0 Å². The van der Waals surface area contributed by atoms with Gasteiger partial charge in [0.05, 0.1) is 25.0 Å². The third-order valence-corrected chi connectivity index (χ3v) is 3.16. The Morgan fingerprint density at radius 2 is 2.13 bits per heavy atom. The van der Waals surface area contributed by atoms with E-state index in [-0.39, 0.29) is 12.3 Å². The predicted molar refractivity (Wildman–Crippen MR) is 91.0 cm³/mol. The van der Waals surface area contributed by atoms with E-state index in [1.807, 2.05) is 24.3 Å². The number of aliphatic imine (C=N–C) groups is 3. The summed E-state index contributed by atoms with van der Waals surface area (Å²) >= 11 is 0. The lowest BCUT2D eigenvalue weighted by atomic mass is 10.1. The van der Waals surface area contributed by atoms with E-state index in [4.69, 9.17) is 11.5 Å². The van der Waals surface area contributed by atoms with Gasteiger partial charge in [0, 0.05) is 13.2 Å². The van der Waals surface area contributed by atoms with Gasteiger partial charge in [-0.25, -0.2) is 4.99 Å². The average Bonchev–Trinajstić information content (AvgIpc) is 3.23. The molecule has 2 unspecified atom stereocenters. The molecule has 2 heterocycles. The molecule has 3 rings (SSSR count). The highest BCUT2D eigenvalue weighted by Crippen LogP contribution is 2.09. The van der Waals surface area contributed by atoms with Gasteiger partial charge in [0.2, 0.25) is 0 Å². The molecule has 122 valence electrons. The van der Waals surface area contributed by atoms with Crippen molar-refractivity contribution in [2.45, 2.75) is 12.3 Å². The molecule has 1 aliphatic heterocycles. The van der Waals surface area contributed by atoms with E-state index in [9.17, 15) is 0 Å². The van der Waals surface area contributed by atoms with Gasteiger partial charge in [0.15, 0.2) is 12.2 Å². The van der Waals surface area contributed by atoms with Gasteiger partial charge in [0.1, 0.15) is 0 Å². The van der Waals surface area contributed by atoms with Crippen LogP contribution in [0.25, 0.3) is 0 Å². The van der Waals surface area contributed by atoms with Crippen LogP contribution in [-0.4, -0.2) is 49.2 Å². The second-order valence-corrected chi connectivity index (χ2v) is 4.69. The van der Waals surface area contributed by atoms with Crippen LogP contribution < -0.4 is 26.8 Å². The van der Waals surface area contributed by atoms with E-state index >= 15 is 0 Å². The van der Waals surface area contributed by atoms with Gasteiger partial charge in [-0.2, -0.15) is 0 Å². The van der Waals surface area contributed by atoms with Crippen molar-refractivity contribution in [2.75, 3.05) is 14.1 Å². The number of fused-ring (bicyclic) bond motifs is 1. The fraction of sp³-hybridized carbons (Fsp3) is 0.286. The number of hydrogen-bond acceptors (Lipinski definition) is 4. The minimum absolute atomic E-state index is 0.175. The summed E-state index contributed by atoms with van der Waals surface area (Å²) in [6.07, 6.45) is 11.4. The molecule has 23 heavy (non-hydrogen) atoms. The third-order valence-electron chi connectivity index (χ3n) is 3.16. The lowest BCUT2D eigenvalue weighted by Gasteiger charge is -2.13. The van der Waals surface area contributed by atoms with Crippen LogP contribution in [0, 0.1) is 0 Å². The Balaban J connectivity index is 0.000000185. The van der Waals surface area contributed by atoms with Crippen molar-refractivity contribution in [3.05, 3.63) is 42.8 Å². The van der Waals surface area contributed by atoms with Gasteiger partial charge in [-0.3, -0.25) is 21.1 Å². The standard InChI is InChI=1S/C9H13N5.C5H8N4/c1-11-8(10)14-9-12-6-4-2-3-5-7(6)13-9;1-7-5(6)9-4-2-3-8-9/h2-6,9,12H,1H3,(H3,10,11,14);2-4H,1H3,(H2,6,7)/p+1. The van der Waals surface area contributed by atoms with E-state index in [1.165, 1.54) is 0 Å². The van der Waals surface area contributed by atoms with Crippen LogP contribution in [0.1, 0.15) is 0 Å². The summed E-state index contributed by atoms with van der Waals surface area (Å²) in [4.78, 5) is 12.0. The molecule has 0 bridgehead atoms. The van der Waals surface area contributed by atoms with Crippen LogP contribution in [0.15, 0.2) is 57.7 Å². The molecule has 7 N–H and O–H groups in total. The molecule has 9 heteroatoms. The fourth-order valence-corrected chi connectivity index (χ4v) is 1.98. The minimum atomic E-state index is -0.175. The first-order chi connectivity index (χ1) is 11.1. The maximum absolute atomic E-state index is 5.54. The Morgan fingerprint density at radius 3 is 2.74 bits per heavy atom. The minimum Gasteiger partial charge on any atom is -0.370 e. The third kappa shape index (κ3) is 4.51. The molecular formula is C14H22N9+. The van der Waals surface area contributed by atoms with Crippen LogP contribution in [0.2, 0.25) is 0 Å². The van der Waals surface area contributed by atoms with E-state index in [0.717, 1.165) is 5.71 Å². The van der Waals surface area contributed by atoms with E-state index in [1.54, 1.807) is 31.2 Å². The van der Waals surface area contributed by atoms with Crippen LogP contribution in [0.5, 0.6) is 0 Å². The van der Waals surface area contributed by atoms with E-state index in [2.05, 4.69) is 36.8 Å². The monoisotopic (exact) mass is 316 g/mol. The number of nitrogens with zero attached hydrogens (tertiary/aromatic N) is 4. The second-order valence-electron chi connectivity index (χ2n) is 4.69. The summed E-state index contributed by atoms with van der Waals surface area (Å²) in [7, 11) is 3.28. The first-order valence-corrected chi connectivity index (χ1v) is 7.09. The van der Waals surface area contributed by atoms with Crippen molar-refractivity contribution in [3.8, 4) is 0 Å². The maximum Gasteiger partial charge on any atom is 0.406 e. The quantitative estimate of drug-likeness (QED) is 0.243. The van der Waals surface area contributed by atoms with E-state index in [0.29, 0.717) is 11.9 Å². The van der Waals surface area contributed by atoms with Crippen LogP contribution in [0.4, 0.5) is 0 Å². The van der Waals surface area contributed by atoms with Crippen molar-refractivity contribution in [3.63, 3.8) is 0 Å². The number of nitrogens with one attached hydrogen (secondary N) is 3. The largest absolute Gasteiger partial charge is 0.406 e. The normalized spacial score (nSPS) is 23.0. The average molecular weight is 316 g/mol. The van der Waals surface area contributed by atoms with Gasteiger partial charge in [-0.1, -0.05) is 18.2 Å².